The van der Waals surface area contributed by atoms with Crippen molar-refractivity contribution in [2.75, 3.05) is 25.1 Å². The molecule has 13 heavy (non-hydrogen) atoms. The van der Waals surface area contributed by atoms with Gasteiger partial charge in [-0.1, -0.05) is 22.9 Å². The lowest BCUT2D eigenvalue weighted by Gasteiger charge is -2.19. The molecule has 0 bridgehead atoms. The van der Waals surface area contributed by atoms with Crippen molar-refractivity contribution >= 4 is 22.0 Å². The number of hydroxylamine groups is 2. The average molecular weight is 254 g/mol. The lowest BCUT2D eigenvalue weighted by molar-refractivity contribution is -0.132. The monoisotopic (exact) mass is 253 g/mol. The van der Waals surface area contributed by atoms with Crippen LogP contribution < -0.4 is 0 Å². The number of hydrogen-bond donors (Lipinski definition) is 0. The smallest absolute Gasteiger partial charge is 0.433 e. The molecule has 78 valence electrons. The van der Waals surface area contributed by atoms with Crippen molar-refractivity contribution < 1.29 is 14.4 Å². The predicted octanol–water partition coefficient (Wildman–Crippen LogP) is 2.18. The van der Waals surface area contributed by atoms with Crippen LogP contribution in [0.3, 0.4) is 0 Å². The largest absolute Gasteiger partial charge is 0.448 e. The molecule has 0 atom stereocenters. The third-order valence-electron chi connectivity index (χ3n) is 1.21. The number of amides is 1. The van der Waals surface area contributed by atoms with E-state index in [9.17, 15) is 4.79 Å². The summed E-state index contributed by atoms with van der Waals surface area (Å²) in [5.41, 5.74) is 0. The molecule has 0 aromatic heterocycles. The Morgan fingerprint density at radius 1 is 1.46 bits per heavy atom. The molecule has 0 radical (unpaired) electrons. The van der Waals surface area contributed by atoms with Crippen LogP contribution in [0.5, 0.6) is 0 Å². The highest BCUT2D eigenvalue weighted by Gasteiger charge is 2.13. The zero-order chi connectivity index (χ0) is 10.1. The average Bonchev–Trinajstić information content (AvgIpc) is 2.12. The standard InChI is InChI=1S/C8H16BrNO3/c1-3-7-13-10(6-5-9)8(11)12-4-2/h3-7H2,1-2H3. The van der Waals surface area contributed by atoms with Crippen LogP contribution in [-0.4, -0.2) is 36.2 Å². The highest BCUT2D eigenvalue weighted by atomic mass is 79.9. The Bertz CT molecular complexity index is 143. The Labute approximate surface area is 87.3 Å². The van der Waals surface area contributed by atoms with Crippen LogP contribution in [0, 0.1) is 0 Å². The first-order valence-electron chi connectivity index (χ1n) is 4.39. The first-order valence-corrected chi connectivity index (χ1v) is 5.51. The third kappa shape index (κ3) is 5.87. The number of ether oxygens (including phenoxy) is 1. The van der Waals surface area contributed by atoms with Gasteiger partial charge in [-0.05, 0) is 13.3 Å². The lowest BCUT2D eigenvalue weighted by Crippen LogP contribution is -2.33. The van der Waals surface area contributed by atoms with E-state index >= 15 is 0 Å². The second-order valence-corrected chi connectivity index (χ2v) is 3.12. The number of nitrogens with zero attached hydrogens (tertiary/aromatic N) is 1. The van der Waals surface area contributed by atoms with Gasteiger partial charge in [-0.3, -0.25) is 4.84 Å². The minimum Gasteiger partial charge on any atom is -0.448 e. The molecule has 0 spiro atoms. The van der Waals surface area contributed by atoms with E-state index in [1.165, 1.54) is 5.06 Å². The molecule has 5 heteroatoms. The first-order chi connectivity index (χ1) is 6.26. The third-order valence-corrected chi connectivity index (χ3v) is 1.56. The second-order valence-electron chi connectivity index (χ2n) is 2.32. The van der Waals surface area contributed by atoms with Crippen molar-refractivity contribution in [2.45, 2.75) is 20.3 Å². The number of hydrogen-bond acceptors (Lipinski definition) is 3. The van der Waals surface area contributed by atoms with Gasteiger partial charge in [0.1, 0.15) is 0 Å². The fourth-order valence-corrected chi connectivity index (χ4v) is 1.00. The van der Waals surface area contributed by atoms with Crippen molar-refractivity contribution in [1.82, 2.24) is 5.06 Å². The molecule has 0 unspecified atom stereocenters. The molecule has 0 heterocycles. The summed E-state index contributed by atoms with van der Waals surface area (Å²) in [6.07, 6.45) is 0.452. The van der Waals surface area contributed by atoms with Crippen LogP contribution in [0.25, 0.3) is 0 Å². The summed E-state index contributed by atoms with van der Waals surface area (Å²) in [5, 5.41) is 1.91. The molecule has 0 aliphatic heterocycles. The van der Waals surface area contributed by atoms with Gasteiger partial charge in [0.15, 0.2) is 0 Å². The van der Waals surface area contributed by atoms with Crippen LogP contribution in [0.15, 0.2) is 0 Å². The number of rotatable bonds is 6. The number of carbonyl (C=O) groups is 1. The second kappa shape index (κ2) is 8.31. The zero-order valence-corrected chi connectivity index (χ0v) is 9.67. The minimum absolute atomic E-state index is 0.368. The number of carbonyl (C=O) groups excluding carboxylic acids is 1. The van der Waals surface area contributed by atoms with Gasteiger partial charge in [-0.25, -0.2) is 4.79 Å². The van der Waals surface area contributed by atoms with E-state index in [1.807, 2.05) is 6.92 Å². The number of halogens is 1. The van der Waals surface area contributed by atoms with Crippen LogP contribution in [0.2, 0.25) is 0 Å². The van der Waals surface area contributed by atoms with E-state index in [1.54, 1.807) is 6.92 Å². The van der Waals surface area contributed by atoms with Crippen molar-refractivity contribution in [3.05, 3.63) is 0 Å². The molecule has 4 nitrogen and oxygen atoms in total. The fraction of sp³-hybridized carbons (Fsp3) is 0.875. The maximum absolute atomic E-state index is 11.2. The molecule has 0 rings (SSSR count). The highest BCUT2D eigenvalue weighted by Crippen LogP contribution is 1.98. The molecule has 0 aliphatic rings. The van der Waals surface area contributed by atoms with Crippen LogP contribution >= 0.6 is 15.9 Å². The molecule has 0 aromatic rings. The molecular formula is C8H16BrNO3. The summed E-state index contributed by atoms with van der Waals surface area (Å²) in [6.45, 7) is 5.15. The van der Waals surface area contributed by atoms with Gasteiger partial charge in [-0.2, -0.15) is 5.06 Å². The first kappa shape index (κ1) is 12.7. The molecule has 0 fully saturated rings. The van der Waals surface area contributed by atoms with Gasteiger partial charge in [0.25, 0.3) is 0 Å². The van der Waals surface area contributed by atoms with Crippen molar-refractivity contribution in [3.8, 4) is 0 Å². The van der Waals surface area contributed by atoms with Gasteiger partial charge >= 0.3 is 6.09 Å². The Morgan fingerprint density at radius 2 is 2.15 bits per heavy atom. The lowest BCUT2D eigenvalue weighted by atomic mass is 10.5. The van der Waals surface area contributed by atoms with Crippen molar-refractivity contribution in [2.24, 2.45) is 0 Å². The van der Waals surface area contributed by atoms with E-state index in [0.29, 0.717) is 25.1 Å². The fourth-order valence-electron chi connectivity index (χ4n) is 0.682. The summed E-state index contributed by atoms with van der Waals surface area (Å²) in [6, 6.07) is 0. The molecule has 1 amide bonds. The van der Waals surface area contributed by atoms with E-state index in [0.717, 1.165) is 6.42 Å². The predicted molar refractivity (Wildman–Crippen MR) is 53.8 cm³/mol. The molecule has 0 aliphatic carbocycles. The van der Waals surface area contributed by atoms with Crippen molar-refractivity contribution in [3.63, 3.8) is 0 Å². The Morgan fingerprint density at radius 3 is 2.62 bits per heavy atom. The van der Waals surface area contributed by atoms with Crippen LogP contribution in [0.1, 0.15) is 20.3 Å². The zero-order valence-electron chi connectivity index (χ0n) is 8.09. The highest BCUT2D eigenvalue weighted by molar-refractivity contribution is 9.09. The van der Waals surface area contributed by atoms with E-state index in [4.69, 9.17) is 9.57 Å². The van der Waals surface area contributed by atoms with Gasteiger partial charge in [0, 0.05) is 5.33 Å². The Kier molecular flexibility index (Phi) is 8.13. The number of alkyl halides is 1. The maximum Gasteiger partial charge on any atom is 0.433 e. The van der Waals surface area contributed by atoms with Crippen LogP contribution in [0.4, 0.5) is 4.79 Å². The van der Waals surface area contributed by atoms with Gasteiger partial charge in [-0.15, -0.1) is 0 Å². The summed E-state index contributed by atoms with van der Waals surface area (Å²) >= 11 is 3.23. The SMILES string of the molecule is CCCON(CCBr)C(=O)OCC. The molecule has 0 N–H and O–H groups in total. The molecule has 0 saturated carbocycles. The molecule has 0 saturated heterocycles. The summed E-state index contributed by atoms with van der Waals surface area (Å²) in [5.74, 6) is 0. The maximum atomic E-state index is 11.2. The normalized spacial score (nSPS) is 9.77. The Balaban J connectivity index is 3.83. The van der Waals surface area contributed by atoms with Gasteiger partial charge in [0.2, 0.25) is 0 Å². The van der Waals surface area contributed by atoms with Gasteiger partial charge in [0.05, 0.1) is 19.8 Å². The van der Waals surface area contributed by atoms with E-state index in [-0.39, 0.29) is 0 Å². The summed E-state index contributed by atoms with van der Waals surface area (Å²) in [7, 11) is 0. The summed E-state index contributed by atoms with van der Waals surface area (Å²) < 4.78 is 4.79. The summed E-state index contributed by atoms with van der Waals surface area (Å²) in [4.78, 5) is 16.4. The topological polar surface area (TPSA) is 38.8 Å². The minimum atomic E-state index is -0.421. The quantitative estimate of drug-likeness (QED) is 0.538. The van der Waals surface area contributed by atoms with Crippen molar-refractivity contribution in [1.29, 1.82) is 0 Å². The van der Waals surface area contributed by atoms with Crippen LogP contribution in [-0.2, 0) is 9.57 Å². The van der Waals surface area contributed by atoms with E-state index in [2.05, 4.69) is 15.9 Å². The van der Waals surface area contributed by atoms with E-state index < -0.39 is 6.09 Å². The molecular weight excluding hydrogens is 238 g/mol. The Hall–Kier alpha value is -0.290. The van der Waals surface area contributed by atoms with Gasteiger partial charge < -0.3 is 4.74 Å². The molecule has 0 aromatic carbocycles.